The molecule has 0 radical (unpaired) electrons. The van der Waals surface area contributed by atoms with Gasteiger partial charge in [0.1, 0.15) is 0 Å². The van der Waals surface area contributed by atoms with Crippen molar-refractivity contribution >= 4 is 0 Å². The molecule has 0 aliphatic heterocycles. The van der Waals surface area contributed by atoms with Crippen LogP contribution in [-0.4, -0.2) is 37.3 Å². The average molecular weight is 208 g/mol. The Balaban J connectivity index is 2.92. The van der Waals surface area contributed by atoms with E-state index >= 15 is 0 Å². The molecular weight excluding hydrogens is 188 g/mol. The first kappa shape index (κ1) is 12.2. The van der Waals surface area contributed by atoms with E-state index in [0.29, 0.717) is 6.54 Å². The number of aliphatic hydroxyl groups is 1. The maximum atomic E-state index is 9.30. The molecule has 0 saturated carbocycles. The van der Waals surface area contributed by atoms with Gasteiger partial charge in [-0.25, -0.2) is 0 Å². The van der Waals surface area contributed by atoms with Gasteiger partial charge in [0.25, 0.3) is 0 Å². The van der Waals surface area contributed by atoms with E-state index in [1.165, 1.54) is 5.56 Å². The molecule has 2 atom stereocenters. The van der Waals surface area contributed by atoms with Gasteiger partial charge in [0.15, 0.2) is 0 Å². The van der Waals surface area contributed by atoms with Crippen LogP contribution in [0.5, 0.6) is 0 Å². The van der Waals surface area contributed by atoms with Crippen LogP contribution in [0.1, 0.15) is 11.6 Å². The normalized spacial score (nSPS) is 15.3. The number of aliphatic hydroxyl groups excluding tert-OH is 1. The van der Waals surface area contributed by atoms with E-state index in [2.05, 4.69) is 17.0 Å². The highest BCUT2D eigenvalue weighted by molar-refractivity contribution is 5.19. The molecule has 1 aromatic carbocycles. The smallest absolute Gasteiger partial charge is 0.0489 e. The molecule has 0 aliphatic carbocycles. The molecule has 84 valence electrons. The molecule has 0 aliphatic rings. The van der Waals surface area contributed by atoms with Gasteiger partial charge < -0.3 is 15.7 Å². The molecule has 0 aromatic heterocycles. The summed E-state index contributed by atoms with van der Waals surface area (Å²) in [6.45, 7) is 0.614. The van der Waals surface area contributed by atoms with Gasteiger partial charge in [-0.15, -0.1) is 0 Å². The van der Waals surface area contributed by atoms with Crippen molar-refractivity contribution in [2.75, 3.05) is 27.2 Å². The van der Waals surface area contributed by atoms with Crippen molar-refractivity contribution in [1.82, 2.24) is 4.90 Å². The van der Waals surface area contributed by atoms with Crippen molar-refractivity contribution in [2.45, 2.75) is 6.04 Å². The van der Waals surface area contributed by atoms with Gasteiger partial charge in [0.2, 0.25) is 0 Å². The standard InChI is InChI=1S/C12H20N2O/c1-14(2)12(11(8-13)9-15)10-6-4-3-5-7-10/h3-7,11-12,15H,8-9,13H2,1-2H3. The number of rotatable bonds is 5. The van der Waals surface area contributed by atoms with E-state index < -0.39 is 0 Å². The second-order valence-corrected chi connectivity index (χ2v) is 4.00. The zero-order valence-electron chi connectivity index (χ0n) is 9.43. The SMILES string of the molecule is CN(C)C(c1ccccc1)C(CN)CO. The van der Waals surface area contributed by atoms with Crippen LogP contribution in [0.4, 0.5) is 0 Å². The van der Waals surface area contributed by atoms with Gasteiger partial charge in [-0.05, 0) is 26.2 Å². The maximum absolute atomic E-state index is 9.30. The van der Waals surface area contributed by atoms with Crippen molar-refractivity contribution < 1.29 is 5.11 Å². The predicted octanol–water partition coefficient (Wildman–Crippen LogP) is 0.856. The minimum Gasteiger partial charge on any atom is -0.396 e. The highest BCUT2D eigenvalue weighted by Gasteiger charge is 2.22. The van der Waals surface area contributed by atoms with Crippen LogP contribution in [0.3, 0.4) is 0 Å². The molecule has 1 rings (SSSR count). The molecule has 3 N–H and O–H groups in total. The van der Waals surface area contributed by atoms with Gasteiger partial charge in [-0.3, -0.25) is 0 Å². The van der Waals surface area contributed by atoms with E-state index in [9.17, 15) is 5.11 Å². The van der Waals surface area contributed by atoms with Crippen molar-refractivity contribution in [1.29, 1.82) is 0 Å². The fraction of sp³-hybridized carbons (Fsp3) is 0.500. The number of benzene rings is 1. The molecule has 0 bridgehead atoms. The van der Waals surface area contributed by atoms with Gasteiger partial charge in [0.05, 0.1) is 0 Å². The monoisotopic (exact) mass is 208 g/mol. The van der Waals surface area contributed by atoms with Crippen LogP contribution >= 0.6 is 0 Å². The Morgan fingerprint density at radius 3 is 2.27 bits per heavy atom. The molecule has 1 aromatic rings. The molecule has 3 nitrogen and oxygen atoms in total. The predicted molar refractivity (Wildman–Crippen MR) is 62.5 cm³/mol. The van der Waals surface area contributed by atoms with Crippen LogP contribution in [0, 0.1) is 5.92 Å². The second kappa shape index (κ2) is 5.85. The van der Waals surface area contributed by atoms with E-state index in [1.807, 2.05) is 32.3 Å². The van der Waals surface area contributed by atoms with Crippen molar-refractivity contribution in [3.63, 3.8) is 0 Å². The number of hydrogen-bond acceptors (Lipinski definition) is 3. The molecular formula is C12H20N2O. The third-order valence-electron chi connectivity index (χ3n) is 2.68. The van der Waals surface area contributed by atoms with Crippen LogP contribution in [0.15, 0.2) is 30.3 Å². The fourth-order valence-electron chi connectivity index (χ4n) is 1.95. The summed E-state index contributed by atoms with van der Waals surface area (Å²) in [4.78, 5) is 2.10. The van der Waals surface area contributed by atoms with Crippen LogP contribution in [0.2, 0.25) is 0 Å². The Bertz CT molecular complexity index is 270. The molecule has 3 heteroatoms. The van der Waals surface area contributed by atoms with Crippen LogP contribution in [0.25, 0.3) is 0 Å². The summed E-state index contributed by atoms with van der Waals surface area (Å²) in [5.74, 6) is 0.0856. The zero-order chi connectivity index (χ0) is 11.3. The zero-order valence-corrected chi connectivity index (χ0v) is 9.43. The lowest BCUT2D eigenvalue weighted by molar-refractivity contribution is 0.138. The molecule has 0 heterocycles. The topological polar surface area (TPSA) is 49.5 Å². The third-order valence-corrected chi connectivity index (χ3v) is 2.68. The van der Waals surface area contributed by atoms with E-state index in [0.717, 1.165) is 0 Å². The first-order valence-corrected chi connectivity index (χ1v) is 5.23. The van der Waals surface area contributed by atoms with Crippen LogP contribution in [-0.2, 0) is 0 Å². The van der Waals surface area contributed by atoms with Gasteiger partial charge in [0, 0.05) is 18.6 Å². The first-order chi connectivity index (χ1) is 7.20. The van der Waals surface area contributed by atoms with Crippen molar-refractivity contribution in [3.8, 4) is 0 Å². The Hall–Kier alpha value is -0.900. The van der Waals surface area contributed by atoms with Crippen molar-refractivity contribution in [3.05, 3.63) is 35.9 Å². The van der Waals surface area contributed by atoms with Gasteiger partial charge in [-0.1, -0.05) is 30.3 Å². The summed E-state index contributed by atoms with van der Waals surface area (Å²) in [6, 6.07) is 10.3. The fourth-order valence-corrected chi connectivity index (χ4v) is 1.95. The second-order valence-electron chi connectivity index (χ2n) is 4.00. The van der Waals surface area contributed by atoms with Gasteiger partial charge in [-0.2, -0.15) is 0 Å². The minimum absolute atomic E-state index is 0.0856. The molecule has 0 fully saturated rings. The molecule has 2 unspecified atom stereocenters. The minimum atomic E-state index is 0.0856. The first-order valence-electron chi connectivity index (χ1n) is 5.23. The Morgan fingerprint density at radius 1 is 1.27 bits per heavy atom. The summed E-state index contributed by atoms with van der Waals surface area (Å²) in [7, 11) is 4.02. The molecule has 0 amide bonds. The average Bonchev–Trinajstić information content (AvgIpc) is 2.26. The third kappa shape index (κ3) is 3.02. The van der Waals surface area contributed by atoms with Gasteiger partial charge >= 0.3 is 0 Å². The lowest BCUT2D eigenvalue weighted by Crippen LogP contribution is -2.34. The molecule has 0 saturated heterocycles. The Morgan fingerprint density at radius 2 is 1.87 bits per heavy atom. The number of nitrogens with zero attached hydrogens (tertiary/aromatic N) is 1. The van der Waals surface area contributed by atoms with E-state index in [1.54, 1.807) is 0 Å². The summed E-state index contributed by atoms with van der Waals surface area (Å²) in [5, 5.41) is 9.30. The summed E-state index contributed by atoms with van der Waals surface area (Å²) in [6.07, 6.45) is 0. The summed E-state index contributed by atoms with van der Waals surface area (Å²) < 4.78 is 0. The summed E-state index contributed by atoms with van der Waals surface area (Å²) >= 11 is 0. The quantitative estimate of drug-likeness (QED) is 0.754. The number of nitrogens with two attached hydrogens (primary N) is 1. The van der Waals surface area contributed by atoms with Crippen molar-refractivity contribution in [2.24, 2.45) is 11.7 Å². The Kier molecular flexibility index (Phi) is 4.75. The van der Waals surface area contributed by atoms with E-state index in [-0.39, 0.29) is 18.6 Å². The largest absolute Gasteiger partial charge is 0.396 e. The van der Waals surface area contributed by atoms with Crippen LogP contribution < -0.4 is 5.73 Å². The maximum Gasteiger partial charge on any atom is 0.0489 e. The molecule has 0 spiro atoms. The summed E-state index contributed by atoms with van der Waals surface area (Å²) in [5.41, 5.74) is 6.87. The molecule has 15 heavy (non-hydrogen) atoms. The highest BCUT2D eigenvalue weighted by atomic mass is 16.3. The lowest BCUT2D eigenvalue weighted by atomic mass is 9.93. The van der Waals surface area contributed by atoms with E-state index in [4.69, 9.17) is 5.73 Å². The highest BCUT2D eigenvalue weighted by Crippen LogP contribution is 2.25. The number of hydrogen-bond donors (Lipinski definition) is 2. The lowest BCUT2D eigenvalue weighted by Gasteiger charge is -2.31. The Labute approximate surface area is 91.5 Å².